The monoisotopic (exact) mass is 166 g/mol. The standard InChI is InChI=1S/C6H6N4S/c7-4-6(11)10-5-3(9-4)1-2-8-5/h1-2H,(H2,7,9)(H2,8,10,11). The number of fused-ring (bicyclic) bond motifs is 1. The largest absolute Gasteiger partial charge is 0.381 e. The van der Waals surface area contributed by atoms with E-state index in [4.69, 9.17) is 18.0 Å². The normalized spacial score (nSPS) is 10.5. The van der Waals surface area contributed by atoms with E-state index in [1.165, 1.54) is 0 Å². The first kappa shape index (κ1) is 6.36. The SMILES string of the molecule is Nc1nc2cc[nH]c2[nH]c1=S. The Labute approximate surface area is 67.5 Å². The third-order valence-electron chi connectivity index (χ3n) is 1.44. The highest BCUT2D eigenvalue weighted by molar-refractivity contribution is 7.71. The van der Waals surface area contributed by atoms with Crippen molar-refractivity contribution in [2.45, 2.75) is 0 Å². The minimum Gasteiger partial charge on any atom is -0.381 e. The van der Waals surface area contributed by atoms with Crippen LogP contribution in [0.15, 0.2) is 12.3 Å². The lowest BCUT2D eigenvalue weighted by atomic mass is 10.5. The Kier molecular flexibility index (Phi) is 1.19. The van der Waals surface area contributed by atoms with Gasteiger partial charge in [0.2, 0.25) is 0 Å². The highest BCUT2D eigenvalue weighted by Crippen LogP contribution is 2.08. The lowest BCUT2D eigenvalue weighted by Gasteiger charge is -1.92. The average Bonchev–Trinajstić information content (AvgIpc) is 2.36. The van der Waals surface area contributed by atoms with Gasteiger partial charge in [0.1, 0.15) is 15.8 Å². The van der Waals surface area contributed by atoms with Gasteiger partial charge >= 0.3 is 0 Å². The van der Waals surface area contributed by atoms with Crippen LogP contribution in [0.2, 0.25) is 0 Å². The molecule has 0 saturated carbocycles. The number of aromatic amines is 2. The second-order valence-electron chi connectivity index (χ2n) is 2.19. The summed E-state index contributed by atoms with van der Waals surface area (Å²) in [6, 6.07) is 1.83. The smallest absolute Gasteiger partial charge is 0.159 e. The van der Waals surface area contributed by atoms with Gasteiger partial charge in [0, 0.05) is 6.20 Å². The molecule has 2 aromatic rings. The molecule has 0 aliphatic rings. The number of nitrogens with one attached hydrogen (secondary N) is 2. The molecule has 0 fully saturated rings. The van der Waals surface area contributed by atoms with Crippen molar-refractivity contribution in [3.63, 3.8) is 0 Å². The fourth-order valence-corrected chi connectivity index (χ4v) is 1.06. The van der Waals surface area contributed by atoms with Gasteiger partial charge in [-0.1, -0.05) is 12.2 Å². The molecule has 56 valence electrons. The number of hydrogen-bond donors (Lipinski definition) is 3. The molecule has 4 N–H and O–H groups in total. The Morgan fingerprint density at radius 1 is 1.55 bits per heavy atom. The van der Waals surface area contributed by atoms with Crippen molar-refractivity contribution >= 4 is 29.2 Å². The summed E-state index contributed by atoms with van der Waals surface area (Å²) >= 11 is 4.88. The van der Waals surface area contributed by atoms with Crippen LogP contribution in [0.4, 0.5) is 5.82 Å². The van der Waals surface area contributed by atoms with E-state index in [9.17, 15) is 0 Å². The number of nitrogen functional groups attached to an aromatic ring is 1. The maximum absolute atomic E-state index is 5.48. The van der Waals surface area contributed by atoms with Crippen LogP contribution < -0.4 is 5.73 Å². The highest BCUT2D eigenvalue weighted by atomic mass is 32.1. The average molecular weight is 166 g/mol. The zero-order chi connectivity index (χ0) is 7.84. The molecule has 0 spiro atoms. The van der Waals surface area contributed by atoms with Crippen molar-refractivity contribution in [2.24, 2.45) is 0 Å². The second kappa shape index (κ2) is 2.06. The van der Waals surface area contributed by atoms with E-state index < -0.39 is 0 Å². The number of nitrogens with zero attached hydrogens (tertiary/aromatic N) is 1. The summed E-state index contributed by atoms with van der Waals surface area (Å²) in [5.74, 6) is 0.368. The topological polar surface area (TPSA) is 70.5 Å². The zero-order valence-corrected chi connectivity index (χ0v) is 6.40. The molecule has 0 aliphatic carbocycles. The maximum atomic E-state index is 5.48. The number of aromatic nitrogens is 3. The third kappa shape index (κ3) is 0.894. The fraction of sp³-hybridized carbons (Fsp3) is 0. The summed E-state index contributed by atoms with van der Waals surface area (Å²) in [6.45, 7) is 0. The van der Waals surface area contributed by atoms with Crippen LogP contribution in [0.25, 0.3) is 11.2 Å². The summed E-state index contributed by atoms with van der Waals surface area (Å²) in [6.07, 6.45) is 1.78. The number of nitrogens with two attached hydrogens (primary N) is 1. The molecule has 0 aliphatic heterocycles. The van der Waals surface area contributed by atoms with Crippen molar-refractivity contribution in [1.82, 2.24) is 15.0 Å². The molecule has 0 bridgehead atoms. The van der Waals surface area contributed by atoms with Gasteiger partial charge < -0.3 is 15.7 Å². The Morgan fingerprint density at radius 3 is 3.18 bits per heavy atom. The summed E-state index contributed by atoms with van der Waals surface area (Å²) in [4.78, 5) is 9.90. The minimum absolute atomic E-state index is 0.368. The molecule has 0 aromatic carbocycles. The number of rotatable bonds is 0. The molecule has 11 heavy (non-hydrogen) atoms. The van der Waals surface area contributed by atoms with Gasteiger partial charge in [-0.25, -0.2) is 4.98 Å². The molecule has 2 aromatic heterocycles. The maximum Gasteiger partial charge on any atom is 0.159 e. The predicted octanol–water partition coefficient (Wildman–Crippen LogP) is 1.20. The van der Waals surface area contributed by atoms with Gasteiger partial charge in [-0.2, -0.15) is 0 Å². The van der Waals surface area contributed by atoms with Crippen molar-refractivity contribution in [2.75, 3.05) is 5.73 Å². The van der Waals surface area contributed by atoms with Crippen LogP contribution in [0.1, 0.15) is 0 Å². The van der Waals surface area contributed by atoms with Gasteiger partial charge in [-0.05, 0) is 6.07 Å². The van der Waals surface area contributed by atoms with Crippen LogP contribution in [0.5, 0.6) is 0 Å². The van der Waals surface area contributed by atoms with Gasteiger partial charge in [-0.15, -0.1) is 0 Å². The number of anilines is 1. The zero-order valence-electron chi connectivity index (χ0n) is 5.59. The van der Waals surface area contributed by atoms with Gasteiger partial charge in [0.25, 0.3) is 0 Å². The lowest BCUT2D eigenvalue weighted by molar-refractivity contribution is 1.25. The van der Waals surface area contributed by atoms with E-state index >= 15 is 0 Å². The van der Waals surface area contributed by atoms with Gasteiger partial charge in [0.05, 0.1) is 0 Å². The van der Waals surface area contributed by atoms with E-state index in [0.717, 1.165) is 11.2 Å². The van der Waals surface area contributed by atoms with Crippen LogP contribution in [0.3, 0.4) is 0 Å². The van der Waals surface area contributed by atoms with Crippen LogP contribution in [-0.4, -0.2) is 15.0 Å². The van der Waals surface area contributed by atoms with Crippen molar-refractivity contribution in [3.8, 4) is 0 Å². The van der Waals surface area contributed by atoms with E-state index in [1.54, 1.807) is 6.20 Å². The number of hydrogen-bond acceptors (Lipinski definition) is 3. The lowest BCUT2D eigenvalue weighted by Crippen LogP contribution is -1.93. The second-order valence-corrected chi connectivity index (χ2v) is 2.60. The van der Waals surface area contributed by atoms with Crippen LogP contribution >= 0.6 is 12.2 Å². The van der Waals surface area contributed by atoms with E-state index in [1.807, 2.05) is 6.07 Å². The van der Waals surface area contributed by atoms with Crippen LogP contribution in [0, 0.1) is 4.64 Å². The van der Waals surface area contributed by atoms with Crippen molar-refractivity contribution in [3.05, 3.63) is 16.9 Å². The Bertz CT molecular complexity index is 441. The Morgan fingerprint density at radius 2 is 2.36 bits per heavy atom. The molecular formula is C6H6N4S. The summed E-state index contributed by atoms with van der Waals surface area (Å²) in [5.41, 5.74) is 7.10. The van der Waals surface area contributed by atoms with Crippen LogP contribution in [-0.2, 0) is 0 Å². The summed E-state index contributed by atoms with van der Waals surface area (Å²) < 4.78 is 0.472. The Hall–Kier alpha value is -1.36. The summed E-state index contributed by atoms with van der Waals surface area (Å²) in [7, 11) is 0. The molecule has 0 amide bonds. The Balaban J connectivity index is 2.97. The highest BCUT2D eigenvalue weighted by Gasteiger charge is 1.96. The molecule has 0 saturated heterocycles. The first-order valence-electron chi connectivity index (χ1n) is 3.10. The molecule has 0 radical (unpaired) electrons. The van der Waals surface area contributed by atoms with E-state index in [0.29, 0.717) is 10.5 Å². The van der Waals surface area contributed by atoms with Gasteiger partial charge in [-0.3, -0.25) is 0 Å². The molecule has 4 nitrogen and oxygen atoms in total. The molecule has 2 rings (SSSR count). The molecule has 0 atom stereocenters. The molecular weight excluding hydrogens is 160 g/mol. The van der Waals surface area contributed by atoms with Gasteiger partial charge in [0.15, 0.2) is 5.82 Å². The third-order valence-corrected chi connectivity index (χ3v) is 1.75. The predicted molar refractivity (Wildman–Crippen MR) is 45.7 cm³/mol. The fourth-order valence-electron chi connectivity index (χ4n) is 0.913. The molecule has 2 heterocycles. The first-order chi connectivity index (χ1) is 5.27. The van der Waals surface area contributed by atoms with Crippen molar-refractivity contribution < 1.29 is 0 Å². The molecule has 5 heteroatoms. The number of H-pyrrole nitrogens is 2. The van der Waals surface area contributed by atoms with E-state index in [-0.39, 0.29) is 0 Å². The first-order valence-corrected chi connectivity index (χ1v) is 3.51. The van der Waals surface area contributed by atoms with Crippen molar-refractivity contribution in [1.29, 1.82) is 0 Å². The van der Waals surface area contributed by atoms with E-state index in [2.05, 4.69) is 15.0 Å². The molecule has 0 unspecified atom stereocenters. The minimum atomic E-state index is 0.368. The summed E-state index contributed by atoms with van der Waals surface area (Å²) in [5, 5.41) is 0. The quantitative estimate of drug-likeness (QED) is 0.515.